The van der Waals surface area contributed by atoms with Crippen LogP contribution in [-0.4, -0.2) is 17.5 Å². The van der Waals surface area contributed by atoms with Gasteiger partial charge in [0.2, 0.25) is 0 Å². The highest BCUT2D eigenvalue weighted by molar-refractivity contribution is 5.22. The summed E-state index contributed by atoms with van der Waals surface area (Å²) in [6, 6.07) is 7.94. The smallest absolute Gasteiger partial charge is 0.127 e. The number of hydrogen-bond acceptors (Lipinski definition) is 1. The summed E-state index contributed by atoms with van der Waals surface area (Å²) in [5.41, 5.74) is 0.865. The Morgan fingerprint density at radius 2 is 2.07 bits per heavy atom. The van der Waals surface area contributed by atoms with Gasteiger partial charge in [0.25, 0.3) is 0 Å². The van der Waals surface area contributed by atoms with Crippen molar-refractivity contribution in [2.24, 2.45) is 0 Å². The van der Waals surface area contributed by atoms with Gasteiger partial charge in [-0.15, -0.1) is 0 Å². The van der Waals surface area contributed by atoms with Crippen molar-refractivity contribution in [3.05, 3.63) is 35.6 Å². The summed E-state index contributed by atoms with van der Waals surface area (Å²) in [4.78, 5) is 2.39. The van der Waals surface area contributed by atoms with Crippen LogP contribution in [0.2, 0.25) is 0 Å². The zero-order chi connectivity index (χ0) is 10.8. The number of nitrogens with zero attached hydrogens (tertiary/aromatic N) is 1. The molecule has 1 aromatic carbocycles. The normalized spacial score (nSPS) is 22.5. The minimum absolute atomic E-state index is 0.0601. The van der Waals surface area contributed by atoms with E-state index in [0.29, 0.717) is 6.04 Å². The van der Waals surface area contributed by atoms with E-state index in [2.05, 4.69) is 18.7 Å². The third kappa shape index (κ3) is 2.05. The van der Waals surface area contributed by atoms with Crippen LogP contribution in [0.15, 0.2) is 24.3 Å². The van der Waals surface area contributed by atoms with Crippen molar-refractivity contribution in [1.29, 1.82) is 0 Å². The fraction of sp³-hybridized carbons (Fsp3) is 0.538. The third-order valence-electron chi connectivity index (χ3n) is 3.22. The molecule has 0 bridgehead atoms. The lowest BCUT2D eigenvalue weighted by molar-refractivity contribution is 0.202. The van der Waals surface area contributed by atoms with E-state index in [9.17, 15) is 4.39 Å². The second-order valence-electron chi connectivity index (χ2n) is 4.51. The van der Waals surface area contributed by atoms with Crippen molar-refractivity contribution in [2.45, 2.75) is 38.8 Å². The molecular formula is C13H18FN. The van der Waals surface area contributed by atoms with Crippen molar-refractivity contribution in [3.63, 3.8) is 0 Å². The van der Waals surface area contributed by atoms with Crippen LogP contribution in [0.25, 0.3) is 0 Å². The zero-order valence-electron chi connectivity index (χ0n) is 9.41. The molecule has 0 aliphatic carbocycles. The van der Waals surface area contributed by atoms with Crippen LogP contribution in [0.4, 0.5) is 4.39 Å². The van der Waals surface area contributed by atoms with Crippen LogP contribution < -0.4 is 0 Å². The molecule has 1 aliphatic heterocycles. The lowest BCUT2D eigenvalue weighted by Crippen LogP contribution is -2.30. The van der Waals surface area contributed by atoms with Crippen molar-refractivity contribution in [1.82, 2.24) is 4.90 Å². The summed E-state index contributed by atoms with van der Waals surface area (Å²) in [5, 5.41) is 0. The van der Waals surface area contributed by atoms with Gasteiger partial charge in [-0.3, -0.25) is 4.90 Å². The van der Waals surface area contributed by atoms with Gasteiger partial charge in [-0.1, -0.05) is 18.2 Å². The van der Waals surface area contributed by atoms with Crippen LogP contribution in [0.3, 0.4) is 0 Å². The second kappa shape index (κ2) is 4.31. The summed E-state index contributed by atoms with van der Waals surface area (Å²) >= 11 is 0. The molecule has 2 rings (SSSR count). The number of hydrogen-bond donors (Lipinski definition) is 0. The quantitative estimate of drug-likeness (QED) is 0.718. The molecule has 1 fully saturated rings. The Hall–Kier alpha value is -0.890. The maximum atomic E-state index is 13.7. The van der Waals surface area contributed by atoms with Gasteiger partial charge in [-0.2, -0.15) is 0 Å². The summed E-state index contributed by atoms with van der Waals surface area (Å²) in [6.07, 6.45) is 2.26. The standard InChI is InChI=1S/C13H18FN/c1-10(2)15-9-5-8-13(15)11-6-3-4-7-12(11)14/h3-4,6-7,10,13H,5,8-9H2,1-2H3/t13-/m1/s1. The summed E-state index contributed by atoms with van der Waals surface area (Å²) in [7, 11) is 0. The van der Waals surface area contributed by atoms with Gasteiger partial charge in [0, 0.05) is 17.6 Å². The summed E-state index contributed by atoms with van der Waals surface area (Å²) in [6.45, 7) is 5.45. The number of benzene rings is 1. The summed E-state index contributed by atoms with van der Waals surface area (Å²) in [5.74, 6) is -0.0601. The first-order valence-corrected chi connectivity index (χ1v) is 5.70. The van der Waals surface area contributed by atoms with Crippen LogP contribution >= 0.6 is 0 Å². The van der Waals surface area contributed by atoms with Crippen molar-refractivity contribution in [3.8, 4) is 0 Å². The SMILES string of the molecule is CC(C)N1CCC[C@@H]1c1ccccc1F. The Labute approximate surface area is 90.9 Å². The highest BCUT2D eigenvalue weighted by Crippen LogP contribution is 2.34. The van der Waals surface area contributed by atoms with Crippen LogP contribution in [0, 0.1) is 5.82 Å². The molecular weight excluding hydrogens is 189 g/mol. The van der Waals surface area contributed by atoms with Crippen LogP contribution in [-0.2, 0) is 0 Å². The average Bonchev–Trinajstić information content (AvgIpc) is 2.67. The number of likely N-dealkylation sites (tertiary alicyclic amines) is 1. The molecule has 15 heavy (non-hydrogen) atoms. The molecule has 0 unspecified atom stereocenters. The van der Waals surface area contributed by atoms with Gasteiger partial charge in [0.05, 0.1) is 0 Å². The Balaban J connectivity index is 2.27. The molecule has 82 valence electrons. The molecule has 0 amide bonds. The first-order chi connectivity index (χ1) is 7.20. The molecule has 0 saturated carbocycles. The van der Waals surface area contributed by atoms with Gasteiger partial charge < -0.3 is 0 Å². The van der Waals surface area contributed by atoms with E-state index in [1.54, 1.807) is 12.1 Å². The first-order valence-electron chi connectivity index (χ1n) is 5.70. The Bertz CT molecular complexity index is 335. The average molecular weight is 207 g/mol. The second-order valence-corrected chi connectivity index (χ2v) is 4.51. The fourth-order valence-electron chi connectivity index (χ4n) is 2.49. The fourth-order valence-corrected chi connectivity index (χ4v) is 2.49. The van der Waals surface area contributed by atoms with E-state index in [4.69, 9.17) is 0 Å². The van der Waals surface area contributed by atoms with Crippen molar-refractivity contribution in [2.75, 3.05) is 6.54 Å². The summed E-state index contributed by atoms with van der Waals surface area (Å²) < 4.78 is 13.7. The molecule has 0 N–H and O–H groups in total. The van der Waals surface area contributed by atoms with E-state index in [-0.39, 0.29) is 11.9 Å². The maximum absolute atomic E-state index is 13.7. The lowest BCUT2D eigenvalue weighted by Gasteiger charge is -2.28. The monoisotopic (exact) mass is 207 g/mol. The predicted molar refractivity (Wildman–Crippen MR) is 60.2 cm³/mol. The molecule has 0 aromatic heterocycles. The van der Waals surface area contributed by atoms with Gasteiger partial charge >= 0.3 is 0 Å². The van der Waals surface area contributed by atoms with E-state index in [0.717, 1.165) is 18.5 Å². The van der Waals surface area contributed by atoms with Crippen molar-refractivity contribution >= 4 is 0 Å². The molecule has 1 saturated heterocycles. The molecule has 1 nitrogen and oxygen atoms in total. The Morgan fingerprint density at radius 1 is 1.33 bits per heavy atom. The first kappa shape index (κ1) is 10.6. The van der Waals surface area contributed by atoms with E-state index >= 15 is 0 Å². The predicted octanol–water partition coefficient (Wildman–Crippen LogP) is 3.37. The number of rotatable bonds is 2. The molecule has 1 aromatic rings. The number of halogens is 1. The van der Waals surface area contributed by atoms with Gasteiger partial charge in [0.1, 0.15) is 5.82 Å². The van der Waals surface area contributed by atoms with Gasteiger partial charge in [-0.05, 0) is 39.3 Å². The van der Waals surface area contributed by atoms with Gasteiger partial charge in [0.15, 0.2) is 0 Å². The molecule has 0 radical (unpaired) electrons. The molecule has 1 heterocycles. The van der Waals surface area contributed by atoms with Gasteiger partial charge in [-0.25, -0.2) is 4.39 Å². The minimum Gasteiger partial charge on any atom is -0.294 e. The molecule has 0 spiro atoms. The van der Waals surface area contributed by atoms with E-state index in [1.807, 2.05) is 12.1 Å². The largest absolute Gasteiger partial charge is 0.294 e. The molecule has 1 atom stereocenters. The highest BCUT2D eigenvalue weighted by atomic mass is 19.1. The zero-order valence-corrected chi connectivity index (χ0v) is 9.41. The molecule has 2 heteroatoms. The van der Waals surface area contributed by atoms with Crippen molar-refractivity contribution < 1.29 is 4.39 Å². The highest BCUT2D eigenvalue weighted by Gasteiger charge is 2.29. The van der Waals surface area contributed by atoms with E-state index in [1.165, 1.54) is 6.42 Å². The minimum atomic E-state index is -0.0601. The van der Waals surface area contributed by atoms with Crippen LogP contribution in [0.5, 0.6) is 0 Å². The lowest BCUT2D eigenvalue weighted by atomic mass is 10.0. The maximum Gasteiger partial charge on any atom is 0.127 e. The molecule has 1 aliphatic rings. The Morgan fingerprint density at radius 3 is 2.73 bits per heavy atom. The third-order valence-corrected chi connectivity index (χ3v) is 3.22. The topological polar surface area (TPSA) is 3.24 Å². The van der Waals surface area contributed by atoms with E-state index < -0.39 is 0 Å². The van der Waals surface area contributed by atoms with Crippen LogP contribution in [0.1, 0.15) is 38.3 Å². The Kier molecular flexibility index (Phi) is 3.06.